The minimum atomic E-state index is -0.126. The minimum absolute atomic E-state index is 0.126. The summed E-state index contributed by atoms with van der Waals surface area (Å²) in [4.78, 5) is 16.9. The third-order valence-corrected chi connectivity index (χ3v) is 5.92. The second-order valence-electron chi connectivity index (χ2n) is 7.01. The summed E-state index contributed by atoms with van der Waals surface area (Å²) in [7, 11) is 0. The Morgan fingerprint density at radius 2 is 1.84 bits per heavy atom. The van der Waals surface area contributed by atoms with Gasteiger partial charge in [0.2, 0.25) is 5.91 Å². The maximum atomic E-state index is 12.1. The summed E-state index contributed by atoms with van der Waals surface area (Å²) in [6.45, 7) is 2.95. The van der Waals surface area contributed by atoms with Gasteiger partial charge in [0.1, 0.15) is 0 Å². The monoisotopic (exact) mass is 264 g/mol. The summed E-state index contributed by atoms with van der Waals surface area (Å²) < 4.78 is 0. The van der Waals surface area contributed by atoms with E-state index >= 15 is 0 Å². The van der Waals surface area contributed by atoms with E-state index in [1.807, 2.05) is 0 Å². The van der Waals surface area contributed by atoms with E-state index in [0.717, 1.165) is 45.3 Å². The summed E-state index contributed by atoms with van der Waals surface area (Å²) in [5, 5.41) is 9.88. The molecule has 4 rings (SSSR count). The molecule has 106 valence electrons. The van der Waals surface area contributed by atoms with Crippen molar-refractivity contribution in [2.24, 2.45) is 11.8 Å². The van der Waals surface area contributed by atoms with Crippen molar-refractivity contribution in [3.05, 3.63) is 0 Å². The normalized spacial score (nSPS) is 46.7. The van der Waals surface area contributed by atoms with Gasteiger partial charge in [0.25, 0.3) is 0 Å². The molecule has 0 aromatic carbocycles. The summed E-state index contributed by atoms with van der Waals surface area (Å²) in [5.41, 5.74) is 0. The summed E-state index contributed by atoms with van der Waals surface area (Å²) in [5.74, 6) is 1.71. The fraction of sp³-hybridized carbons (Fsp3) is 0.933. The highest BCUT2D eigenvalue weighted by Crippen LogP contribution is 2.42. The lowest BCUT2D eigenvalue weighted by atomic mass is 9.70. The maximum Gasteiger partial charge on any atom is 0.222 e. The van der Waals surface area contributed by atoms with Gasteiger partial charge in [-0.2, -0.15) is 0 Å². The average Bonchev–Trinajstić information content (AvgIpc) is 2.40. The van der Waals surface area contributed by atoms with E-state index in [1.54, 1.807) is 0 Å². The smallest absolute Gasteiger partial charge is 0.222 e. The minimum Gasteiger partial charge on any atom is -0.392 e. The predicted octanol–water partition coefficient (Wildman–Crippen LogP) is 0.843. The molecular formula is C15H24N2O2. The molecule has 4 aliphatic rings. The van der Waals surface area contributed by atoms with Crippen LogP contribution in [-0.4, -0.2) is 58.6 Å². The standard InChI is InChI=1S/C15H24N2O2/c18-12-4-5-13-11-6-10(7-16(13)9-12)14-2-1-3-15(19)17(14)8-11/h10-14,18H,1-9H2. The average molecular weight is 264 g/mol. The van der Waals surface area contributed by atoms with Crippen molar-refractivity contribution in [2.45, 2.75) is 56.7 Å². The Morgan fingerprint density at radius 3 is 2.74 bits per heavy atom. The summed E-state index contributed by atoms with van der Waals surface area (Å²) in [6, 6.07) is 1.12. The second kappa shape index (κ2) is 4.45. The number of hydrogen-bond acceptors (Lipinski definition) is 3. The van der Waals surface area contributed by atoms with Crippen LogP contribution in [0.15, 0.2) is 0 Å². The zero-order valence-corrected chi connectivity index (χ0v) is 11.5. The van der Waals surface area contributed by atoms with Crippen LogP contribution in [0.1, 0.15) is 38.5 Å². The number of piperidine rings is 4. The number of nitrogens with zero attached hydrogens (tertiary/aromatic N) is 2. The van der Waals surface area contributed by atoms with Gasteiger partial charge in [0.15, 0.2) is 0 Å². The van der Waals surface area contributed by atoms with Gasteiger partial charge in [0.05, 0.1) is 6.10 Å². The van der Waals surface area contributed by atoms with Crippen LogP contribution >= 0.6 is 0 Å². The molecule has 0 spiro atoms. The molecule has 4 nitrogen and oxygen atoms in total. The second-order valence-corrected chi connectivity index (χ2v) is 7.01. The molecule has 4 heteroatoms. The number of aliphatic hydroxyl groups is 1. The van der Waals surface area contributed by atoms with Crippen LogP contribution in [0.5, 0.6) is 0 Å². The van der Waals surface area contributed by atoms with Crippen LogP contribution in [-0.2, 0) is 4.79 Å². The zero-order valence-electron chi connectivity index (χ0n) is 11.5. The molecule has 0 saturated carbocycles. The van der Waals surface area contributed by atoms with E-state index in [9.17, 15) is 9.90 Å². The highest BCUT2D eigenvalue weighted by atomic mass is 16.3. The number of amides is 1. The van der Waals surface area contributed by atoms with E-state index in [1.165, 1.54) is 12.8 Å². The molecule has 4 fully saturated rings. The van der Waals surface area contributed by atoms with Crippen LogP contribution in [0.2, 0.25) is 0 Å². The lowest BCUT2D eigenvalue weighted by molar-refractivity contribution is -0.150. The fourth-order valence-electron chi connectivity index (χ4n) is 5.11. The molecule has 1 amide bonds. The van der Waals surface area contributed by atoms with Gasteiger partial charge in [-0.15, -0.1) is 0 Å². The first-order chi connectivity index (χ1) is 9.22. The third-order valence-electron chi connectivity index (χ3n) is 5.92. The SMILES string of the molecule is O=C1CCCC2C3CC(CN12)C1CCC(O)CN1C3. The van der Waals surface area contributed by atoms with Crippen LogP contribution in [0, 0.1) is 11.8 Å². The van der Waals surface area contributed by atoms with E-state index in [-0.39, 0.29) is 6.10 Å². The largest absolute Gasteiger partial charge is 0.392 e. The quantitative estimate of drug-likeness (QED) is 0.705. The van der Waals surface area contributed by atoms with Crippen molar-refractivity contribution in [3.8, 4) is 0 Å². The van der Waals surface area contributed by atoms with Crippen LogP contribution in [0.4, 0.5) is 0 Å². The number of carbonyl (C=O) groups is 1. The molecule has 5 unspecified atom stereocenters. The molecular weight excluding hydrogens is 240 g/mol. The Morgan fingerprint density at radius 1 is 1.00 bits per heavy atom. The molecule has 4 aliphatic heterocycles. The van der Waals surface area contributed by atoms with Crippen LogP contribution in [0.25, 0.3) is 0 Å². The Labute approximate surface area is 114 Å². The number of fused-ring (bicyclic) bond motifs is 6. The molecule has 0 aromatic rings. The molecule has 2 bridgehead atoms. The fourth-order valence-corrected chi connectivity index (χ4v) is 5.11. The summed E-state index contributed by atoms with van der Waals surface area (Å²) in [6.07, 6.45) is 6.29. The molecule has 5 atom stereocenters. The van der Waals surface area contributed by atoms with E-state index in [2.05, 4.69) is 9.80 Å². The van der Waals surface area contributed by atoms with Gasteiger partial charge >= 0.3 is 0 Å². The molecule has 0 aromatic heterocycles. The highest BCUT2D eigenvalue weighted by Gasteiger charge is 2.48. The Hall–Kier alpha value is -0.610. The molecule has 0 radical (unpaired) electrons. The number of aliphatic hydroxyl groups excluding tert-OH is 1. The lowest BCUT2D eigenvalue weighted by Crippen LogP contribution is -2.65. The van der Waals surface area contributed by atoms with Gasteiger partial charge in [-0.05, 0) is 43.9 Å². The Bertz CT molecular complexity index is 386. The highest BCUT2D eigenvalue weighted by molar-refractivity contribution is 5.77. The van der Waals surface area contributed by atoms with Gasteiger partial charge in [-0.3, -0.25) is 9.69 Å². The number of carbonyl (C=O) groups excluding carboxylic acids is 1. The van der Waals surface area contributed by atoms with E-state index in [0.29, 0.717) is 29.8 Å². The summed E-state index contributed by atoms with van der Waals surface area (Å²) >= 11 is 0. The third kappa shape index (κ3) is 1.91. The Kier molecular flexibility index (Phi) is 2.85. The van der Waals surface area contributed by atoms with E-state index in [4.69, 9.17) is 0 Å². The lowest BCUT2D eigenvalue weighted by Gasteiger charge is -2.57. The van der Waals surface area contributed by atoms with Crippen molar-refractivity contribution in [3.63, 3.8) is 0 Å². The molecule has 4 heterocycles. The first-order valence-corrected chi connectivity index (χ1v) is 7.94. The van der Waals surface area contributed by atoms with Crippen molar-refractivity contribution >= 4 is 5.91 Å². The van der Waals surface area contributed by atoms with E-state index < -0.39 is 0 Å². The predicted molar refractivity (Wildman–Crippen MR) is 71.6 cm³/mol. The van der Waals surface area contributed by atoms with Crippen LogP contribution in [0.3, 0.4) is 0 Å². The van der Waals surface area contributed by atoms with Crippen molar-refractivity contribution < 1.29 is 9.90 Å². The zero-order chi connectivity index (χ0) is 13.0. The Balaban J connectivity index is 1.57. The maximum absolute atomic E-state index is 12.1. The van der Waals surface area contributed by atoms with Gasteiger partial charge < -0.3 is 10.0 Å². The van der Waals surface area contributed by atoms with Gasteiger partial charge in [-0.25, -0.2) is 0 Å². The molecule has 4 saturated heterocycles. The molecule has 19 heavy (non-hydrogen) atoms. The van der Waals surface area contributed by atoms with Gasteiger partial charge in [0, 0.05) is 38.1 Å². The van der Waals surface area contributed by atoms with Crippen molar-refractivity contribution in [2.75, 3.05) is 19.6 Å². The molecule has 1 N–H and O–H groups in total. The number of hydrogen-bond donors (Lipinski definition) is 1. The topological polar surface area (TPSA) is 43.8 Å². The van der Waals surface area contributed by atoms with Gasteiger partial charge in [-0.1, -0.05) is 0 Å². The first-order valence-electron chi connectivity index (χ1n) is 7.94. The van der Waals surface area contributed by atoms with Crippen molar-refractivity contribution in [1.29, 1.82) is 0 Å². The van der Waals surface area contributed by atoms with Crippen molar-refractivity contribution in [1.82, 2.24) is 9.80 Å². The first kappa shape index (κ1) is 12.2. The number of rotatable bonds is 0. The molecule has 0 aliphatic carbocycles. The van der Waals surface area contributed by atoms with Crippen LogP contribution < -0.4 is 0 Å².